The summed E-state index contributed by atoms with van der Waals surface area (Å²) >= 11 is 0. The van der Waals surface area contributed by atoms with E-state index in [1.165, 1.54) is 19.4 Å². The molecule has 1 aromatic rings. The van der Waals surface area contributed by atoms with Crippen LogP contribution in [0.5, 0.6) is 0 Å². The lowest BCUT2D eigenvalue weighted by Gasteiger charge is -2.33. The number of likely N-dealkylation sites (tertiary alicyclic amines) is 1. The van der Waals surface area contributed by atoms with Crippen molar-refractivity contribution in [2.75, 3.05) is 39.4 Å². The van der Waals surface area contributed by atoms with Crippen LogP contribution in [0.15, 0.2) is 4.99 Å². The summed E-state index contributed by atoms with van der Waals surface area (Å²) in [5.74, 6) is 2.65. The largest absolute Gasteiger partial charge is 0.382 e. The number of hydrogen-bond acceptors (Lipinski definition) is 5. The predicted octanol–water partition coefficient (Wildman–Crippen LogP) is 1.85. The van der Waals surface area contributed by atoms with E-state index < -0.39 is 0 Å². The normalized spacial score (nSPS) is 16.5. The van der Waals surface area contributed by atoms with Crippen molar-refractivity contribution < 1.29 is 4.74 Å². The summed E-state index contributed by atoms with van der Waals surface area (Å²) in [4.78, 5) is 7.35. The lowest BCUT2D eigenvalue weighted by atomic mass is 10.0. The summed E-state index contributed by atoms with van der Waals surface area (Å²) in [6.45, 7) is 12.7. The van der Waals surface area contributed by atoms with E-state index in [0.29, 0.717) is 12.6 Å². The van der Waals surface area contributed by atoms with Crippen LogP contribution in [0.4, 0.5) is 0 Å². The molecule has 1 aromatic heterocycles. The van der Waals surface area contributed by atoms with Crippen LogP contribution in [0.3, 0.4) is 0 Å². The monoisotopic (exact) mass is 393 g/mol. The van der Waals surface area contributed by atoms with Gasteiger partial charge in [0.05, 0.1) is 0 Å². The molecule has 2 N–H and O–H groups in total. The molecular weight excluding hydrogens is 354 g/mol. The van der Waals surface area contributed by atoms with Crippen molar-refractivity contribution in [2.45, 2.75) is 65.5 Å². The third kappa shape index (κ3) is 7.75. The molecule has 0 amide bonds. The summed E-state index contributed by atoms with van der Waals surface area (Å²) < 4.78 is 7.42. The van der Waals surface area contributed by atoms with Gasteiger partial charge in [0, 0.05) is 45.9 Å². The zero-order valence-electron chi connectivity index (χ0n) is 18.2. The second-order valence-electron chi connectivity index (χ2n) is 7.48. The Bertz CT molecular complexity index is 579. The summed E-state index contributed by atoms with van der Waals surface area (Å²) in [6, 6.07) is 0.470. The van der Waals surface area contributed by atoms with Crippen molar-refractivity contribution in [2.24, 2.45) is 12.0 Å². The molecule has 0 unspecified atom stereocenters. The Morgan fingerprint density at radius 2 is 2.00 bits per heavy atom. The van der Waals surface area contributed by atoms with Crippen molar-refractivity contribution >= 4 is 5.96 Å². The molecule has 1 aliphatic rings. The molecule has 8 heteroatoms. The predicted molar refractivity (Wildman–Crippen MR) is 113 cm³/mol. The average molecular weight is 394 g/mol. The van der Waals surface area contributed by atoms with Gasteiger partial charge >= 0.3 is 0 Å². The molecule has 0 saturated carbocycles. The molecule has 0 radical (unpaired) electrons. The minimum absolute atomic E-state index is 0.470. The van der Waals surface area contributed by atoms with Gasteiger partial charge in [0.1, 0.15) is 12.4 Å². The highest BCUT2D eigenvalue weighted by Gasteiger charge is 2.19. The maximum atomic E-state index is 5.43. The van der Waals surface area contributed by atoms with E-state index in [4.69, 9.17) is 9.73 Å². The number of guanidine groups is 1. The summed E-state index contributed by atoms with van der Waals surface area (Å²) in [5, 5.41) is 15.4. The highest BCUT2D eigenvalue weighted by Crippen LogP contribution is 2.11. The Morgan fingerprint density at radius 1 is 1.21 bits per heavy atom. The first kappa shape index (κ1) is 22.6. The van der Waals surface area contributed by atoms with Crippen molar-refractivity contribution in [1.29, 1.82) is 0 Å². The molecule has 1 saturated heterocycles. The zero-order chi connectivity index (χ0) is 20.2. The first-order valence-corrected chi connectivity index (χ1v) is 10.8. The third-order valence-electron chi connectivity index (χ3n) is 5.28. The molecule has 2 heterocycles. The van der Waals surface area contributed by atoms with Gasteiger partial charge in [-0.2, -0.15) is 0 Å². The maximum Gasteiger partial charge on any atom is 0.191 e. The van der Waals surface area contributed by atoms with Crippen molar-refractivity contribution in [3.8, 4) is 0 Å². The second kappa shape index (κ2) is 12.7. The minimum Gasteiger partial charge on any atom is -0.382 e. The van der Waals surface area contributed by atoms with E-state index in [0.717, 1.165) is 69.7 Å². The standard InChI is InChI=1S/C20H39N7O/c1-5-7-12-27-13-9-18(10-14-27)23-20(21-11-8-15-28-6-2)22-16-19-25-24-17(3)26(19)4/h18H,5-16H2,1-4H3,(H2,21,22,23). The van der Waals surface area contributed by atoms with E-state index >= 15 is 0 Å². The highest BCUT2D eigenvalue weighted by molar-refractivity contribution is 5.80. The fourth-order valence-electron chi connectivity index (χ4n) is 3.29. The topological polar surface area (TPSA) is 79.6 Å². The molecular formula is C20H39N7O. The SMILES string of the molecule is CCCCN1CCC(NC(=NCc2nnc(C)n2C)NCCCOCC)CC1. The Kier molecular flexibility index (Phi) is 10.3. The van der Waals surface area contributed by atoms with Crippen LogP contribution in [-0.2, 0) is 18.3 Å². The van der Waals surface area contributed by atoms with Crippen LogP contribution in [-0.4, -0.2) is 71.1 Å². The van der Waals surface area contributed by atoms with Crippen molar-refractivity contribution in [3.63, 3.8) is 0 Å². The number of rotatable bonds is 11. The summed E-state index contributed by atoms with van der Waals surface area (Å²) in [5.41, 5.74) is 0. The van der Waals surface area contributed by atoms with Crippen LogP contribution in [0, 0.1) is 6.92 Å². The number of aliphatic imine (C=N–C) groups is 1. The zero-order valence-corrected chi connectivity index (χ0v) is 18.2. The van der Waals surface area contributed by atoms with Gasteiger partial charge in [0.25, 0.3) is 0 Å². The molecule has 160 valence electrons. The number of unbranched alkanes of at least 4 members (excludes halogenated alkanes) is 1. The van der Waals surface area contributed by atoms with Crippen LogP contribution in [0.1, 0.15) is 57.6 Å². The molecule has 0 aromatic carbocycles. The fraction of sp³-hybridized carbons (Fsp3) is 0.850. The fourth-order valence-corrected chi connectivity index (χ4v) is 3.29. The Labute approximate surface area is 170 Å². The number of aromatic nitrogens is 3. The number of aryl methyl sites for hydroxylation is 1. The molecule has 28 heavy (non-hydrogen) atoms. The number of ether oxygens (including phenoxy) is 1. The van der Waals surface area contributed by atoms with Gasteiger partial charge in [-0.1, -0.05) is 13.3 Å². The molecule has 8 nitrogen and oxygen atoms in total. The first-order chi connectivity index (χ1) is 13.6. The number of piperidine rings is 1. The molecule has 0 atom stereocenters. The molecule has 0 spiro atoms. The number of nitrogens with zero attached hydrogens (tertiary/aromatic N) is 5. The lowest BCUT2D eigenvalue weighted by Crippen LogP contribution is -2.49. The number of nitrogens with one attached hydrogen (secondary N) is 2. The first-order valence-electron chi connectivity index (χ1n) is 10.8. The smallest absolute Gasteiger partial charge is 0.191 e. The van der Waals surface area contributed by atoms with Gasteiger partial charge in [-0.25, -0.2) is 4.99 Å². The van der Waals surface area contributed by atoms with Crippen molar-refractivity contribution in [1.82, 2.24) is 30.3 Å². The Morgan fingerprint density at radius 3 is 2.64 bits per heavy atom. The Balaban J connectivity index is 1.86. The highest BCUT2D eigenvalue weighted by atomic mass is 16.5. The maximum absolute atomic E-state index is 5.43. The average Bonchev–Trinajstić information content (AvgIpc) is 3.03. The molecule has 2 rings (SSSR count). The van der Waals surface area contributed by atoms with Crippen LogP contribution in [0.25, 0.3) is 0 Å². The summed E-state index contributed by atoms with van der Waals surface area (Å²) in [7, 11) is 1.98. The van der Waals surface area contributed by atoms with Crippen LogP contribution >= 0.6 is 0 Å². The van der Waals surface area contributed by atoms with E-state index in [1.807, 2.05) is 25.5 Å². The quantitative estimate of drug-likeness (QED) is 0.339. The molecule has 0 aliphatic carbocycles. The van der Waals surface area contributed by atoms with E-state index in [9.17, 15) is 0 Å². The van der Waals surface area contributed by atoms with Crippen LogP contribution in [0.2, 0.25) is 0 Å². The molecule has 1 fully saturated rings. The van der Waals surface area contributed by atoms with Gasteiger partial charge in [-0.05, 0) is 46.1 Å². The minimum atomic E-state index is 0.470. The second-order valence-corrected chi connectivity index (χ2v) is 7.48. The van der Waals surface area contributed by atoms with Gasteiger partial charge < -0.3 is 24.8 Å². The van der Waals surface area contributed by atoms with Gasteiger partial charge in [0.15, 0.2) is 11.8 Å². The lowest BCUT2D eigenvalue weighted by molar-refractivity contribution is 0.145. The van der Waals surface area contributed by atoms with Crippen LogP contribution < -0.4 is 10.6 Å². The van der Waals surface area contributed by atoms with Gasteiger partial charge in [-0.3, -0.25) is 0 Å². The van der Waals surface area contributed by atoms with E-state index in [1.54, 1.807) is 0 Å². The summed E-state index contributed by atoms with van der Waals surface area (Å²) in [6.07, 6.45) is 5.84. The Hall–Kier alpha value is -1.67. The van der Waals surface area contributed by atoms with Gasteiger partial charge in [0.2, 0.25) is 0 Å². The van der Waals surface area contributed by atoms with E-state index in [2.05, 4.69) is 32.7 Å². The molecule has 0 bridgehead atoms. The van der Waals surface area contributed by atoms with Gasteiger partial charge in [-0.15, -0.1) is 10.2 Å². The number of hydrogen-bond donors (Lipinski definition) is 2. The van der Waals surface area contributed by atoms with E-state index in [-0.39, 0.29) is 0 Å². The van der Waals surface area contributed by atoms with Crippen molar-refractivity contribution in [3.05, 3.63) is 11.6 Å². The molecule has 1 aliphatic heterocycles. The third-order valence-corrected chi connectivity index (χ3v) is 5.28.